The molecule has 24 heavy (non-hydrogen) atoms. The summed E-state index contributed by atoms with van der Waals surface area (Å²) >= 11 is 6.03. The lowest BCUT2D eigenvalue weighted by Gasteiger charge is -2.20. The molecule has 1 rings (SSSR count). The highest BCUT2D eigenvalue weighted by atomic mass is 35.5. The zero-order chi connectivity index (χ0) is 18.0. The van der Waals surface area contributed by atoms with E-state index in [0.717, 1.165) is 0 Å². The summed E-state index contributed by atoms with van der Waals surface area (Å²) in [6, 6.07) is 7.32. The van der Waals surface area contributed by atoms with Crippen molar-refractivity contribution in [2.75, 3.05) is 26.2 Å². The topological polar surface area (TPSA) is 74.8 Å². The van der Waals surface area contributed by atoms with Crippen LogP contribution in [-0.4, -0.2) is 43.6 Å². The van der Waals surface area contributed by atoms with Gasteiger partial charge in [-0.3, -0.25) is 4.79 Å². The van der Waals surface area contributed by atoms with Gasteiger partial charge in [0.15, 0.2) is 5.96 Å². The number of amides is 1. The molecule has 0 unspecified atom stereocenters. The number of aliphatic imine (C=N–C) groups is 1. The van der Waals surface area contributed by atoms with Crippen molar-refractivity contribution < 1.29 is 9.53 Å². The van der Waals surface area contributed by atoms with Crippen LogP contribution in [0.2, 0.25) is 5.02 Å². The monoisotopic (exact) mass is 354 g/mol. The first-order valence-electron chi connectivity index (χ1n) is 8.02. The summed E-state index contributed by atoms with van der Waals surface area (Å²) in [5, 5.41) is 9.66. The molecule has 0 saturated carbocycles. The molecule has 1 amide bonds. The van der Waals surface area contributed by atoms with E-state index in [0.29, 0.717) is 36.4 Å². The summed E-state index contributed by atoms with van der Waals surface area (Å²) < 4.78 is 5.60. The van der Waals surface area contributed by atoms with E-state index in [-0.39, 0.29) is 18.0 Å². The Kier molecular flexibility index (Phi) is 8.40. The number of benzene rings is 1. The lowest BCUT2D eigenvalue weighted by atomic mass is 10.1. The highest BCUT2D eigenvalue weighted by Gasteiger charge is 2.13. The van der Waals surface area contributed by atoms with Gasteiger partial charge >= 0.3 is 0 Å². The largest absolute Gasteiger partial charge is 0.490 e. The summed E-state index contributed by atoms with van der Waals surface area (Å²) in [5.41, 5.74) is -0.263. The molecule has 0 aliphatic heterocycles. The second-order valence-electron chi connectivity index (χ2n) is 6.20. The van der Waals surface area contributed by atoms with Gasteiger partial charge in [0, 0.05) is 12.1 Å². The number of guanidine groups is 1. The molecular formula is C17H27ClN4O2. The molecule has 1 aromatic carbocycles. The zero-order valence-corrected chi connectivity index (χ0v) is 15.5. The third kappa shape index (κ3) is 8.62. The van der Waals surface area contributed by atoms with Crippen LogP contribution in [0.1, 0.15) is 27.7 Å². The number of rotatable bonds is 7. The summed E-state index contributed by atoms with van der Waals surface area (Å²) in [6.07, 6.45) is 0. The standard InChI is InChI=1S/C17H27ClN4O2/c1-5-19-16(21-12-15(23)22-17(2,3)4)20-10-11-24-14-9-7-6-8-13(14)18/h6-9H,5,10-12H2,1-4H3,(H,22,23)(H2,19,20,21). The minimum atomic E-state index is -0.263. The van der Waals surface area contributed by atoms with Gasteiger partial charge in [-0.1, -0.05) is 23.7 Å². The van der Waals surface area contributed by atoms with E-state index in [1.807, 2.05) is 45.9 Å². The van der Waals surface area contributed by atoms with Crippen molar-refractivity contribution >= 4 is 23.5 Å². The molecule has 0 aliphatic carbocycles. The summed E-state index contributed by atoms with van der Waals surface area (Å²) in [4.78, 5) is 16.1. The molecule has 0 aromatic heterocycles. The molecule has 0 heterocycles. The van der Waals surface area contributed by atoms with Crippen LogP contribution in [0.3, 0.4) is 0 Å². The van der Waals surface area contributed by atoms with Crippen LogP contribution in [0.15, 0.2) is 29.3 Å². The lowest BCUT2D eigenvalue weighted by molar-refractivity contribution is -0.121. The minimum absolute atomic E-state index is 0.0674. The molecule has 134 valence electrons. The van der Waals surface area contributed by atoms with E-state index in [2.05, 4.69) is 20.9 Å². The van der Waals surface area contributed by atoms with Crippen LogP contribution in [0.25, 0.3) is 0 Å². The molecule has 0 aliphatic rings. The van der Waals surface area contributed by atoms with Crippen molar-refractivity contribution in [1.29, 1.82) is 0 Å². The van der Waals surface area contributed by atoms with Gasteiger partial charge in [-0.2, -0.15) is 0 Å². The number of halogens is 1. The first kappa shape index (κ1) is 20.1. The molecule has 1 aromatic rings. The van der Waals surface area contributed by atoms with Crippen LogP contribution in [-0.2, 0) is 4.79 Å². The maximum atomic E-state index is 11.8. The van der Waals surface area contributed by atoms with Crippen molar-refractivity contribution in [2.24, 2.45) is 4.99 Å². The lowest BCUT2D eigenvalue weighted by Crippen LogP contribution is -2.43. The number of nitrogens with one attached hydrogen (secondary N) is 3. The quantitative estimate of drug-likeness (QED) is 0.398. The maximum Gasteiger partial charge on any atom is 0.242 e. The van der Waals surface area contributed by atoms with Crippen molar-refractivity contribution in [3.63, 3.8) is 0 Å². The highest BCUT2D eigenvalue weighted by Crippen LogP contribution is 2.22. The van der Waals surface area contributed by atoms with Crippen LogP contribution in [0.5, 0.6) is 5.75 Å². The van der Waals surface area contributed by atoms with Gasteiger partial charge < -0.3 is 20.7 Å². The van der Waals surface area contributed by atoms with Gasteiger partial charge in [0.2, 0.25) is 5.91 Å². The van der Waals surface area contributed by atoms with Crippen molar-refractivity contribution in [3.05, 3.63) is 29.3 Å². The molecular weight excluding hydrogens is 328 g/mol. The van der Waals surface area contributed by atoms with Gasteiger partial charge in [0.05, 0.1) is 11.6 Å². The Hall–Kier alpha value is -1.95. The number of para-hydroxylation sites is 1. The summed E-state index contributed by atoms with van der Waals surface area (Å²) in [7, 11) is 0. The van der Waals surface area contributed by atoms with Gasteiger partial charge in [-0.15, -0.1) is 0 Å². The highest BCUT2D eigenvalue weighted by molar-refractivity contribution is 6.32. The van der Waals surface area contributed by atoms with Gasteiger partial charge in [0.1, 0.15) is 18.9 Å². The number of nitrogens with zero attached hydrogens (tertiary/aromatic N) is 1. The second kappa shape index (κ2) is 10.0. The van der Waals surface area contributed by atoms with E-state index < -0.39 is 0 Å². The summed E-state index contributed by atoms with van der Waals surface area (Å²) in [5.74, 6) is 1.10. The Morgan fingerprint density at radius 3 is 2.58 bits per heavy atom. The van der Waals surface area contributed by atoms with Crippen molar-refractivity contribution in [3.8, 4) is 5.75 Å². The molecule has 0 fully saturated rings. The average Bonchev–Trinajstić information content (AvgIpc) is 2.49. The Labute approximate surface area is 149 Å². The number of hydrogen-bond donors (Lipinski definition) is 3. The fourth-order valence-electron chi connectivity index (χ4n) is 1.84. The van der Waals surface area contributed by atoms with Crippen LogP contribution in [0.4, 0.5) is 0 Å². The van der Waals surface area contributed by atoms with E-state index >= 15 is 0 Å². The third-order valence-electron chi connectivity index (χ3n) is 2.73. The van der Waals surface area contributed by atoms with Gasteiger partial charge in [-0.05, 0) is 39.8 Å². The maximum absolute atomic E-state index is 11.8. The smallest absolute Gasteiger partial charge is 0.242 e. The predicted molar refractivity (Wildman–Crippen MR) is 98.8 cm³/mol. The summed E-state index contributed by atoms with van der Waals surface area (Å²) in [6.45, 7) is 9.52. The van der Waals surface area contributed by atoms with Crippen molar-refractivity contribution in [1.82, 2.24) is 16.0 Å². The molecule has 6 nitrogen and oxygen atoms in total. The first-order valence-corrected chi connectivity index (χ1v) is 8.40. The van der Waals surface area contributed by atoms with Crippen LogP contribution >= 0.6 is 11.6 Å². The Morgan fingerprint density at radius 2 is 1.96 bits per heavy atom. The predicted octanol–water partition coefficient (Wildman–Crippen LogP) is 2.19. The average molecular weight is 355 g/mol. The third-order valence-corrected chi connectivity index (χ3v) is 3.04. The fourth-order valence-corrected chi connectivity index (χ4v) is 2.03. The number of hydrogen-bond acceptors (Lipinski definition) is 3. The Bertz CT molecular complexity index is 556. The van der Waals surface area contributed by atoms with Crippen LogP contribution in [0, 0.1) is 0 Å². The van der Waals surface area contributed by atoms with Gasteiger partial charge in [-0.25, -0.2) is 4.99 Å². The van der Waals surface area contributed by atoms with Gasteiger partial charge in [0.25, 0.3) is 0 Å². The number of ether oxygens (including phenoxy) is 1. The molecule has 0 radical (unpaired) electrons. The minimum Gasteiger partial charge on any atom is -0.490 e. The number of carbonyl (C=O) groups excluding carboxylic acids is 1. The fraction of sp³-hybridized carbons (Fsp3) is 0.529. The first-order chi connectivity index (χ1) is 11.3. The second-order valence-corrected chi connectivity index (χ2v) is 6.61. The van der Waals surface area contributed by atoms with E-state index in [1.54, 1.807) is 6.07 Å². The molecule has 0 bridgehead atoms. The Morgan fingerprint density at radius 1 is 1.25 bits per heavy atom. The molecule has 0 atom stereocenters. The SMILES string of the molecule is CCNC(=NCC(=O)NC(C)(C)C)NCCOc1ccccc1Cl. The molecule has 3 N–H and O–H groups in total. The Balaban J connectivity index is 2.41. The molecule has 7 heteroatoms. The number of carbonyl (C=O) groups is 1. The normalized spacial score (nSPS) is 11.8. The van der Waals surface area contributed by atoms with E-state index in [1.165, 1.54) is 0 Å². The van der Waals surface area contributed by atoms with E-state index in [4.69, 9.17) is 16.3 Å². The molecule has 0 saturated heterocycles. The van der Waals surface area contributed by atoms with Crippen LogP contribution < -0.4 is 20.7 Å². The van der Waals surface area contributed by atoms with Crippen molar-refractivity contribution in [2.45, 2.75) is 33.2 Å². The van der Waals surface area contributed by atoms with E-state index in [9.17, 15) is 4.79 Å². The molecule has 0 spiro atoms. The zero-order valence-electron chi connectivity index (χ0n) is 14.8.